The van der Waals surface area contributed by atoms with Crippen LogP contribution in [0.3, 0.4) is 0 Å². The van der Waals surface area contributed by atoms with E-state index in [0.29, 0.717) is 35.8 Å². The lowest BCUT2D eigenvalue weighted by Gasteiger charge is -2.32. The van der Waals surface area contributed by atoms with Crippen molar-refractivity contribution in [1.82, 2.24) is 19.3 Å². The van der Waals surface area contributed by atoms with Gasteiger partial charge < -0.3 is 9.42 Å². The van der Waals surface area contributed by atoms with Gasteiger partial charge in [0.05, 0.1) is 23.7 Å². The molecule has 0 N–H and O–H groups in total. The summed E-state index contributed by atoms with van der Waals surface area (Å²) < 4.78 is 30.1. The maximum atomic E-state index is 12.7. The minimum absolute atomic E-state index is 0.138. The van der Waals surface area contributed by atoms with E-state index in [2.05, 4.69) is 10.1 Å². The summed E-state index contributed by atoms with van der Waals surface area (Å²) in [5.74, 6) is 0.138. The first-order valence-electron chi connectivity index (χ1n) is 8.53. The molecule has 1 amide bonds. The van der Waals surface area contributed by atoms with Gasteiger partial charge in [0.1, 0.15) is 0 Å². The highest BCUT2D eigenvalue weighted by atomic mass is 35.5. The SMILES string of the molecule is CN(Cc1nc(-c2ccccc2Cl)no1)C(=O)[C@@H]1CCCN(S(C)(=O)=O)C1. The number of rotatable bonds is 5. The number of aromatic nitrogens is 2. The molecular weight excluding hydrogens is 392 g/mol. The molecule has 10 heteroatoms. The van der Waals surface area contributed by atoms with Gasteiger partial charge in [-0.1, -0.05) is 28.9 Å². The van der Waals surface area contributed by atoms with Crippen LogP contribution in [0, 0.1) is 5.92 Å². The molecule has 2 heterocycles. The fraction of sp³-hybridized carbons (Fsp3) is 0.471. The van der Waals surface area contributed by atoms with Gasteiger partial charge in [-0.3, -0.25) is 4.79 Å². The molecule has 146 valence electrons. The van der Waals surface area contributed by atoms with Gasteiger partial charge in [0.15, 0.2) is 0 Å². The molecule has 1 saturated heterocycles. The minimum Gasteiger partial charge on any atom is -0.337 e. The van der Waals surface area contributed by atoms with E-state index in [1.165, 1.54) is 9.21 Å². The van der Waals surface area contributed by atoms with Gasteiger partial charge in [0.2, 0.25) is 27.6 Å². The molecule has 1 aliphatic rings. The molecule has 8 nitrogen and oxygen atoms in total. The normalized spacial score (nSPS) is 18.4. The van der Waals surface area contributed by atoms with Crippen LogP contribution < -0.4 is 0 Å². The number of halogens is 1. The molecule has 3 rings (SSSR count). The second kappa shape index (κ2) is 7.95. The van der Waals surface area contributed by atoms with E-state index < -0.39 is 10.0 Å². The summed E-state index contributed by atoms with van der Waals surface area (Å²) in [5, 5.41) is 4.43. The monoisotopic (exact) mass is 412 g/mol. The molecule has 0 bridgehead atoms. The third-order valence-corrected chi connectivity index (χ3v) is 6.13. The lowest BCUT2D eigenvalue weighted by Crippen LogP contribution is -2.45. The number of benzene rings is 1. The second-order valence-electron chi connectivity index (χ2n) is 6.65. The van der Waals surface area contributed by atoms with Crippen molar-refractivity contribution >= 4 is 27.5 Å². The van der Waals surface area contributed by atoms with Crippen LogP contribution in [0.15, 0.2) is 28.8 Å². The molecule has 1 atom stereocenters. The van der Waals surface area contributed by atoms with Gasteiger partial charge in [-0.15, -0.1) is 0 Å². The van der Waals surface area contributed by atoms with Crippen molar-refractivity contribution in [2.24, 2.45) is 5.92 Å². The number of nitrogens with zero attached hydrogens (tertiary/aromatic N) is 4. The molecule has 0 spiro atoms. The number of piperidine rings is 1. The molecule has 1 aliphatic heterocycles. The Morgan fingerprint density at radius 3 is 2.85 bits per heavy atom. The number of sulfonamides is 1. The van der Waals surface area contributed by atoms with Crippen LogP contribution in [0.2, 0.25) is 5.02 Å². The summed E-state index contributed by atoms with van der Waals surface area (Å²) >= 11 is 6.14. The molecular formula is C17H21ClN4O4S. The average Bonchev–Trinajstić information content (AvgIpc) is 3.09. The Morgan fingerprint density at radius 2 is 2.15 bits per heavy atom. The van der Waals surface area contributed by atoms with Crippen LogP contribution in [0.5, 0.6) is 0 Å². The molecule has 0 saturated carbocycles. The zero-order valence-electron chi connectivity index (χ0n) is 15.1. The van der Waals surface area contributed by atoms with Crippen molar-refractivity contribution in [3.8, 4) is 11.4 Å². The second-order valence-corrected chi connectivity index (χ2v) is 9.04. The van der Waals surface area contributed by atoms with E-state index in [0.717, 1.165) is 6.26 Å². The van der Waals surface area contributed by atoms with Gasteiger partial charge in [0, 0.05) is 25.7 Å². The molecule has 1 aromatic heterocycles. The molecule has 0 radical (unpaired) electrons. The molecule has 27 heavy (non-hydrogen) atoms. The highest BCUT2D eigenvalue weighted by Crippen LogP contribution is 2.25. The van der Waals surface area contributed by atoms with E-state index in [9.17, 15) is 13.2 Å². The zero-order valence-corrected chi connectivity index (χ0v) is 16.7. The lowest BCUT2D eigenvalue weighted by molar-refractivity contribution is -0.136. The van der Waals surface area contributed by atoms with Gasteiger partial charge in [-0.2, -0.15) is 4.98 Å². The number of carbonyl (C=O) groups is 1. The Kier molecular flexibility index (Phi) is 5.83. The highest BCUT2D eigenvalue weighted by molar-refractivity contribution is 7.88. The van der Waals surface area contributed by atoms with Crippen molar-refractivity contribution in [1.29, 1.82) is 0 Å². The summed E-state index contributed by atoms with van der Waals surface area (Å²) in [6.45, 7) is 0.805. The van der Waals surface area contributed by atoms with Crippen LogP contribution in [-0.2, 0) is 21.4 Å². The van der Waals surface area contributed by atoms with E-state index in [-0.39, 0.29) is 30.8 Å². The summed E-state index contributed by atoms with van der Waals surface area (Å²) in [6.07, 6.45) is 2.48. The smallest absolute Gasteiger partial charge is 0.246 e. The Labute approximate surface area is 163 Å². The van der Waals surface area contributed by atoms with Crippen LogP contribution in [0.1, 0.15) is 18.7 Å². The first kappa shape index (κ1) is 19.8. The fourth-order valence-corrected chi connectivity index (χ4v) is 4.24. The van der Waals surface area contributed by atoms with E-state index in [1.807, 2.05) is 12.1 Å². The number of carbonyl (C=O) groups excluding carboxylic acids is 1. The average molecular weight is 413 g/mol. The van der Waals surface area contributed by atoms with Crippen molar-refractivity contribution < 1.29 is 17.7 Å². The predicted molar refractivity (Wildman–Crippen MR) is 100 cm³/mol. The van der Waals surface area contributed by atoms with Crippen LogP contribution >= 0.6 is 11.6 Å². The zero-order chi connectivity index (χ0) is 19.6. The molecule has 0 aliphatic carbocycles. The number of amides is 1. The minimum atomic E-state index is -3.30. The first-order valence-corrected chi connectivity index (χ1v) is 10.8. The van der Waals surface area contributed by atoms with E-state index >= 15 is 0 Å². The Hall–Kier alpha value is -1.97. The molecule has 1 aromatic carbocycles. The molecule has 0 unspecified atom stereocenters. The van der Waals surface area contributed by atoms with Crippen LogP contribution in [-0.4, -0.2) is 60.1 Å². The summed E-state index contributed by atoms with van der Waals surface area (Å²) in [4.78, 5) is 18.5. The van der Waals surface area contributed by atoms with Crippen molar-refractivity contribution in [3.05, 3.63) is 35.2 Å². The lowest BCUT2D eigenvalue weighted by atomic mass is 9.98. The summed E-state index contributed by atoms with van der Waals surface area (Å²) in [7, 11) is -1.66. The van der Waals surface area contributed by atoms with Crippen LogP contribution in [0.4, 0.5) is 0 Å². The fourth-order valence-electron chi connectivity index (χ4n) is 3.11. The summed E-state index contributed by atoms with van der Waals surface area (Å²) in [6, 6.07) is 7.15. The maximum Gasteiger partial charge on any atom is 0.246 e. The first-order chi connectivity index (χ1) is 12.8. The van der Waals surface area contributed by atoms with Crippen molar-refractivity contribution in [2.45, 2.75) is 19.4 Å². The number of hydrogen-bond acceptors (Lipinski definition) is 6. The van der Waals surface area contributed by atoms with Crippen molar-refractivity contribution in [2.75, 3.05) is 26.4 Å². The Balaban J connectivity index is 1.66. The van der Waals surface area contributed by atoms with E-state index in [4.69, 9.17) is 16.1 Å². The van der Waals surface area contributed by atoms with Crippen LogP contribution in [0.25, 0.3) is 11.4 Å². The molecule has 1 fully saturated rings. The van der Waals surface area contributed by atoms with Gasteiger partial charge >= 0.3 is 0 Å². The quantitative estimate of drug-likeness (QED) is 0.745. The third kappa shape index (κ3) is 4.66. The van der Waals surface area contributed by atoms with Gasteiger partial charge in [-0.05, 0) is 25.0 Å². The van der Waals surface area contributed by atoms with Crippen molar-refractivity contribution in [3.63, 3.8) is 0 Å². The van der Waals surface area contributed by atoms with Gasteiger partial charge in [-0.25, -0.2) is 12.7 Å². The standard InChI is InChI=1S/C17H21ClN4O4S/c1-21(17(23)12-6-5-9-22(10-12)27(2,24)25)11-15-19-16(20-26-15)13-7-3-4-8-14(13)18/h3-4,7-8,12H,5-6,9-11H2,1-2H3/t12-/m1/s1. The Morgan fingerprint density at radius 1 is 1.41 bits per heavy atom. The predicted octanol–water partition coefficient (Wildman–Crippen LogP) is 2.02. The van der Waals surface area contributed by atoms with Gasteiger partial charge in [0.25, 0.3) is 0 Å². The Bertz CT molecular complexity index is 931. The topological polar surface area (TPSA) is 96.6 Å². The highest BCUT2D eigenvalue weighted by Gasteiger charge is 2.32. The third-order valence-electron chi connectivity index (χ3n) is 4.53. The largest absolute Gasteiger partial charge is 0.337 e. The maximum absolute atomic E-state index is 12.7. The number of hydrogen-bond donors (Lipinski definition) is 0. The molecule has 2 aromatic rings. The van der Waals surface area contributed by atoms with E-state index in [1.54, 1.807) is 19.2 Å². The summed E-state index contributed by atoms with van der Waals surface area (Å²) in [5.41, 5.74) is 0.652.